The van der Waals surface area contributed by atoms with E-state index in [4.69, 9.17) is 10.5 Å². The third kappa shape index (κ3) is 5.07. The third-order valence-electron chi connectivity index (χ3n) is 2.64. The summed E-state index contributed by atoms with van der Waals surface area (Å²) in [4.78, 5) is 22.8. The zero-order chi connectivity index (χ0) is 14.3. The number of carbonyl (C=O) groups excluding carboxylic acids is 2. The van der Waals surface area contributed by atoms with Crippen LogP contribution in [0.15, 0.2) is 30.3 Å². The lowest BCUT2D eigenvalue weighted by Crippen LogP contribution is -2.93. The Labute approximate surface area is 112 Å². The van der Waals surface area contributed by atoms with E-state index in [-0.39, 0.29) is 6.04 Å². The molecule has 0 heterocycles. The van der Waals surface area contributed by atoms with Crippen LogP contribution in [0.3, 0.4) is 0 Å². The number of carbonyl (C=O) groups is 2. The Balaban J connectivity index is 2.85. The van der Waals surface area contributed by atoms with Crippen molar-refractivity contribution in [3.63, 3.8) is 0 Å². The molecule has 0 unspecified atom stereocenters. The van der Waals surface area contributed by atoms with E-state index in [1.165, 1.54) is 0 Å². The van der Waals surface area contributed by atoms with Crippen molar-refractivity contribution in [2.45, 2.75) is 19.0 Å². The van der Waals surface area contributed by atoms with Crippen molar-refractivity contribution in [2.75, 3.05) is 13.7 Å². The number of benzene rings is 1. The molecule has 6 nitrogen and oxygen atoms in total. The zero-order valence-corrected chi connectivity index (χ0v) is 11.1. The normalized spacial score (nSPS) is 13.6. The van der Waals surface area contributed by atoms with Crippen molar-refractivity contribution in [3.8, 4) is 0 Å². The van der Waals surface area contributed by atoms with E-state index in [1.54, 1.807) is 7.11 Å². The van der Waals surface area contributed by atoms with Gasteiger partial charge in [-0.3, -0.25) is 10.1 Å². The lowest BCUT2D eigenvalue weighted by molar-refractivity contribution is -0.714. The Hall–Kier alpha value is -1.92. The molecule has 0 radical (unpaired) electrons. The number of primary amides is 1. The molecule has 0 saturated carbocycles. The lowest BCUT2D eigenvalue weighted by Gasteiger charge is -2.18. The highest BCUT2D eigenvalue weighted by molar-refractivity contribution is 5.96. The highest BCUT2D eigenvalue weighted by Crippen LogP contribution is 2.08. The fraction of sp³-hybridized carbons (Fsp3) is 0.385. The number of imide groups is 1. The van der Waals surface area contributed by atoms with Gasteiger partial charge in [-0.05, 0) is 6.92 Å². The number of nitrogens with one attached hydrogen (secondary N) is 1. The molecule has 0 aliphatic heterocycles. The van der Waals surface area contributed by atoms with Crippen LogP contribution in [0, 0.1) is 0 Å². The molecule has 1 aromatic rings. The van der Waals surface area contributed by atoms with Crippen molar-refractivity contribution in [3.05, 3.63) is 35.9 Å². The van der Waals surface area contributed by atoms with Gasteiger partial charge in [-0.25, -0.2) is 4.79 Å². The van der Waals surface area contributed by atoms with Crippen LogP contribution in [-0.4, -0.2) is 31.7 Å². The molecule has 2 atom stereocenters. The summed E-state index contributed by atoms with van der Waals surface area (Å²) in [5, 5.41) is 3.96. The minimum Gasteiger partial charge on any atom is -0.379 e. The average molecular weight is 266 g/mol. The molecule has 0 bridgehead atoms. The second kappa shape index (κ2) is 7.50. The number of hydrogen-bond acceptors (Lipinski definition) is 3. The van der Waals surface area contributed by atoms with Crippen LogP contribution in [0.4, 0.5) is 4.79 Å². The van der Waals surface area contributed by atoms with E-state index in [9.17, 15) is 9.59 Å². The molecule has 0 aliphatic carbocycles. The van der Waals surface area contributed by atoms with Crippen LogP contribution in [0.25, 0.3) is 0 Å². The standard InChI is InChI=1S/C13H19N3O3/c1-9(8-19-2)15-11(12(17)16-13(14)18)10-6-4-3-5-7-10/h3-7,9,11,15H,8H2,1-2H3,(H3,14,16,17,18)/p+1/t9-,11-/m1/s1. The van der Waals surface area contributed by atoms with Gasteiger partial charge in [0, 0.05) is 12.7 Å². The Kier molecular flexibility index (Phi) is 5.98. The van der Waals surface area contributed by atoms with Crippen LogP contribution < -0.4 is 16.4 Å². The van der Waals surface area contributed by atoms with Gasteiger partial charge in [0.2, 0.25) is 0 Å². The number of urea groups is 1. The van der Waals surface area contributed by atoms with Gasteiger partial charge >= 0.3 is 6.03 Å². The second-order valence-corrected chi connectivity index (χ2v) is 4.37. The summed E-state index contributed by atoms with van der Waals surface area (Å²) in [5.41, 5.74) is 5.80. The van der Waals surface area contributed by atoms with E-state index >= 15 is 0 Å². The van der Waals surface area contributed by atoms with Crippen molar-refractivity contribution in [1.29, 1.82) is 0 Å². The first-order chi connectivity index (χ1) is 9.04. The molecule has 3 amide bonds. The van der Waals surface area contributed by atoms with Gasteiger partial charge in [0.25, 0.3) is 5.91 Å². The number of amides is 3. The van der Waals surface area contributed by atoms with Crippen molar-refractivity contribution < 1.29 is 19.6 Å². The first-order valence-electron chi connectivity index (χ1n) is 6.03. The van der Waals surface area contributed by atoms with Crippen molar-refractivity contribution in [2.24, 2.45) is 5.73 Å². The van der Waals surface area contributed by atoms with E-state index in [1.807, 2.05) is 42.6 Å². The average Bonchev–Trinajstić information content (AvgIpc) is 2.36. The van der Waals surface area contributed by atoms with Gasteiger partial charge in [0.05, 0.1) is 6.61 Å². The molecule has 0 aromatic heterocycles. The smallest absolute Gasteiger partial charge is 0.319 e. The molecule has 0 spiro atoms. The maximum Gasteiger partial charge on any atom is 0.319 e. The maximum absolute atomic E-state index is 12.0. The van der Waals surface area contributed by atoms with Crippen molar-refractivity contribution >= 4 is 11.9 Å². The van der Waals surface area contributed by atoms with Gasteiger partial charge < -0.3 is 15.8 Å². The SMILES string of the molecule is COC[C@@H](C)[NH2+][C@@H](C(=O)NC(N)=O)c1ccccc1. The molecule has 6 heteroatoms. The Morgan fingerprint density at radius 2 is 2.00 bits per heavy atom. The van der Waals surface area contributed by atoms with Crippen molar-refractivity contribution in [1.82, 2.24) is 5.32 Å². The predicted molar refractivity (Wildman–Crippen MR) is 70.2 cm³/mol. The Bertz CT molecular complexity index is 422. The van der Waals surface area contributed by atoms with E-state index in [0.717, 1.165) is 5.56 Å². The highest BCUT2D eigenvalue weighted by atomic mass is 16.5. The largest absolute Gasteiger partial charge is 0.379 e. The summed E-state index contributed by atoms with van der Waals surface area (Å²) in [6.07, 6.45) is 0. The van der Waals surface area contributed by atoms with E-state index in [0.29, 0.717) is 6.61 Å². The quantitative estimate of drug-likeness (QED) is 0.648. The molecule has 1 rings (SSSR count). The molecule has 0 saturated heterocycles. The first-order valence-corrected chi connectivity index (χ1v) is 6.03. The molecular weight excluding hydrogens is 246 g/mol. The lowest BCUT2D eigenvalue weighted by atomic mass is 10.1. The number of ether oxygens (including phenoxy) is 1. The van der Waals surface area contributed by atoms with Crippen LogP contribution >= 0.6 is 0 Å². The van der Waals surface area contributed by atoms with Gasteiger partial charge in [-0.1, -0.05) is 30.3 Å². The van der Waals surface area contributed by atoms with Gasteiger partial charge in [-0.2, -0.15) is 0 Å². The fourth-order valence-electron chi connectivity index (χ4n) is 1.86. The molecule has 1 aromatic carbocycles. The number of rotatable bonds is 6. The first kappa shape index (κ1) is 15.1. The molecule has 5 N–H and O–H groups in total. The Morgan fingerprint density at radius 3 is 2.53 bits per heavy atom. The summed E-state index contributed by atoms with van der Waals surface area (Å²) >= 11 is 0. The highest BCUT2D eigenvalue weighted by Gasteiger charge is 2.27. The van der Waals surface area contributed by atoms with Crippen LogP contribution in [0.1, 0.15) is 18.5 Å². The minimum atomic E-state index is -0.848. The van der Waals surface area contributed by atoms with E-state index in [2.05, 4.69) is 5.32 Å². The summed E-state index contributed by atoms with van der Waals surface area (Å²) < 4.78 is 5.05. The molecule has 0 aliphatic rings. The summed E-state index contributed by atoms with van der Waals surface area (Å²) in [5.74, 6) is -0.429. The minimum absolute atomic E-state index is 0.0776. The molecule has 19 heavy (non-hydrogen) atoms. The molecule has 104 valence electrons. The summed E-state index contributed by atoms with van der Waals surface area (Å²) in [7, 11) is 1.60. The molecular formula is C13H20N3O3+. The van der Waals surface area contributed by atoms with Crippen LogP contribution in [0.2, 0.25) is 0 Å². The summed E-state index contributed by atoms with van der Waals surface area (Å²) in [6, 6.07) is 7.92. The predicted octanol–water partition coefficient (Wildman–Crippen LogP) is -0.479. The van der Waals surface area contributed by atoms with Crippen LogP contribution in [-0.2, 0) is 9.53 Å². The van der Waals surface area contributed by atoms with E-state index < -0.39 is 18.0 Å². The molecule has 0 fully saturated rings. The topological polar surface area (TPSA) is 98.0 Å². The fourth-order valence-corrected chi connectivity index (χ4v) is 1.86. The zero-order valence-electron chi connectivity index (χ0n) is 11.1. The van der Waals surface area contributed by atoms with Gasteiger partial charge in [-0.15, -0.1) is 0 Å². The monoisotopic (exact) mass is 266 g/mol. The third-order valence-corrected chi connectivity index (χ3v) is 2.64. The Morgan fingerprint density at radius 1 is 1.37 bits per heavy atom. The maximum atomic E-state index is 12.0. The summed E-state index contributed by atoms with van der Waals surface area (Å²) in [6.45, 7) is 2.45. The number of hydrogen-bond donors (Lipinski definition) is 3. The number of quaternary nitrogens is 1. The van der Waals surface area contributed by atoms with Gasteiger partial charge in [0.1, 0.15) is 6.04 Å². The number of methoxy groups -OCH3 is 1. The second-order valence-electron chi connectivity index (χ2n) is 4.37. The van der Waals surface area contributed by atoms with Crippen LogP contribution in [0.5, 0.6) is 0 Å². The van der Waals surface area contributed by atoms with Gasteiger partial charge in [0.15, 0.2) is 6.04 Å². The number of nitrogens with two attached hydrogens (primary N) is 2.